The molecule has 0 saturated carbocycles. The number of nitrogens with zero attached hydrogens (tertiary/aromatic N) is 3. The van der Waals surface area contributed by atoms with Crippen molar-refractivity contribution in [2.75, 3.05) is 19.8 Å². The molecule has 3 aromatic carbocycles. The normalized spacial score (nSPS) is 13.5. The van der Waals surface area contributed by atoms with Crippen LogP contribution in [0.25, 0.3) is 0 Å². The molecule has 4 rings (SSSR count). The summed E-state index contributed by atoms with van der Waals surface area (Å²) in [6.07, 6.45) is -5.61. The first-order valence-corrected chi connectivity index (χ1v) is 21.9. The number of rotatable bonds is 19. The van der Waals surface area contributed by atoms with Gasteiger partial charge in [0.25, 0.3) is 0 Å². The molecule has 330 valence electrons. The molecule has 1 aromatic heterocycles. The number of benzene rings is 3. The number of hydrogen-bond acceptors (Lipinski definition) is 18. The Morgan fingerprint density at radius 3 is 1.02 bits per heavy atom. The first-order valence-electron chi connectivity index (χ1n) is 17.3. The molecule has 0 spiro atoms. The summed E-state index contributed by atoms with van der Waals surface area (Å²) in [7, 11) is -12.2. The van der Waals surface area contributed by atoms with Crippen molar-refractivity contribution in [3.05, 3.63) is 121 Å². The number of carbonyl (C=O) groups excluding carboxylic acids is 3. The third-order valence-electron chi connectivity index (χ3n) is 8.33. The van der Waals surface area contributed by atoms with Crippen molar-refractivity contribution in [1.29, 1.82) is 0 Å². The highest BCUT2D eigenvalue weighted by atomic mass is 32.2. The number of aliphatic hydroxyl groups is 3. The van der Waals surface area contributed by atoms with Gasteiger partial charge in [0, 0.05) is 6.54 Å². The standard InChI is InChI=1S/C34H38N6O18S3/c35-59(50,51)26-7-1-20(2-8-26)29(44)56-17-23(41)13-14-38-32(47)39(15-24(42)18-57-30(45)21-3-9-27(10-4-21)60(36,52)53)34(49)40(33(38)48)16-25(43)19-58-31(46)22-5-11-28(12-6-22)61(37,54)55/h1-12,23-25,41-43H,13-19H2,(H2,35,50,51)(H2,36,52,53)(H2,37,54,55). The molecule has 1 heterocycles. The van der Waals surface area contributed by atoms with Gasteiger partial charge in [-0.3, -0.25) is 0 Å². The maximum absolute atomic E-state index is 13.5. The monoisotopic (exact) mass is 914 g/mol. The second kappa shape index (κ2) is 19.6. The SMILES string of the molecule is NS(=O)(=O)c1ccc(C(=O)OCC(O)CCn2c(=O)n(CC(O)COC(=O)c3ccc(S(N)(=O)=O)cc3)c(=O)n(CC(O)COC(=O)c3ccc(S(N)(=O)=O)cc3)c2=O)cc1. The van der Waals surface area contributed by atoms with Crippen LogP contribution in [0.4, 0.5) is 0 Å². The Hall–Kier alpha value is -5.91. The van der Waals surface area contributed by atoms with Crippen LogP contribution < -0.4 is 32.5 Å². The van der Waals surface area contributed by atoms with Crippen LogP contribution >= 0.6 is 0 Å². The molecule has 0 fully saturated rings. The number of aliphatic hydroxyl groups excluding tert-OH is 3. The summed E-state index contributed by atoms with van der Waals surface area (Å²) in [6.45, 7) is -4.86. The third kappa shape index (κ3) is 13.0. The van der Waals surface area contributed by atoms with E-state index >= 15 is 0 Å². The van der Waals surface area contributed by atoms with Crippen molar-refractivity contribution in [3.8, 4) is 0 Å². The van der Waals surface area contributed by atoms with Crippen LogP contribution in [0.1, 0.15) is 37.5 Å². The molecule has 9 N–H and O–H groups in total. The molecular formula is C34H38N6O18S3. The lowest BCUT2D eigenvalue weighted by Crippen LogP contribution is -2.56. The maximum atomic E-state index is 13.5. The van der Waals surface area contributed by atoms with Gasteiger partial charge >= 0.3 is 35.0 Å². The Balaban J connectivity index is 1.51. The van der Waals surface area contributed by atoms with Crippen LogP contribution in [-0.2, 0) is 63.9 Å². The Morgan fingerprint density at radius 1 is 0.475 bits per heavy atom. The van der Waals surface area contributed by atoms with Crippen LogP contribution in [0.15, 0.2) is 102 Å². The summed E-state index contributed by atoms with van der Waals surface area (Å²) in [4.78, 5) is 77.2. The molecule has 0 aliphatic carbocycles. The molecule has 24 nitrogen and oxygen atoms in total. The van der Waals surface area contributed by atoms with E-state index in [2.05, 4.69) is 0 Å². The van der Waals surface area contributed by atoms with Crippen molar-refractivity contribution in [1.82, 2.24) is 13.7 Å². The van der Waals surface area contributed by atoms with E-state index in [4.69, 9.17) is 29.6 Å². The van der Waals surface area contributed by atoms with Gasteiger partial charge in [-0.2, -0.15) is 0 Å². The summed E-state index contributed by atoms with van der Waals surface area (Å²) in [5.74, 6) is -3.09. The molecule has 0 saturated heterocycles. The molecule has 27 heteroatoms. The number of aromatic nitrogens is 3. The average molecular weight is 915 g/mol. The fourth-order valence-corrected chi connectivity index (χ4v) is 6.73. The molecule has 4 aromatic rings. The minimum absolute atomic E-state index is 0.112. The van der Waals surface area contributed by atoms with E-state index < -0.39 is 129 Å². The van der Waals surface area contributed by atoms with Crippen LogP contribution in [0.3, 0.4) is 0 Å². The largest absolute Gasteiger partial charge is 0.459 e. The Morgan fingerprint density at radius 2 is 0.738 bits per heavy atom. The first kappa shape index (κ1) is 47.8. The number of nitrogens with two attached hydrogens (primary N) is 3. The van der Waals surface area contributed by atoms with Crippen LogP contribution in [-0.4, -0.2) is 110 Å². The molecule has 0 bridgehead atoms. The van der Waals surface area contributed by atoms with Crippen LogP contribution in [0.5, 0.6) is 0 Å². The van der Waals surface area contributed by atoms with E-state index in [1.807, 2.05) is 0 Å². The average Bonchev–Trinajstić information content (AvgIpc) is 3.20. The minimum Gasteiger partial charge on any atom is -0.459 e. The summed E-state index contributed by atoms with van der Waals surface area (Å²) >= 11 is 0. The van der Waals surface area contributed by atoms with Gasteiger partial charge in [0.1, 0.15) is 32.0 Å². The molecule has 0 amide bonds. The van der Waals surface area contributed by atoms with Gasteiger partial charge in [0.05, 0.1) is 50.6 Å². The summed E-state index contributed by atoms with van der Waals surface area (Å²) < 4.78 is 85.1. The zero-order valence-electron chi connectivity index (χ0n) is 31.4. The third-order valence-corrected chi connectivity index (χ3v) is 11.1. The topological polar surface area (TPSA) is 386 Å². The van der Waals surface area contributed by atoms with Gasteiger partial charge in [-0.1, -0.05) is 0 Å². The van der Waals surface area contributed by atoms with E-state index in [-0.39, 0.29) is 31.4 Å². The summed E-state index contributed by atoms with van der Waals surface area (Å²) in [6, 6.07) is 12.7. The molecule has 0 radical (unpaired) electrons. The highest BCUT2D eigenvalue weighted by molar-refractivity contribution is 7.89. The lowest BCUT2D eigenvalue weighted by Gasteiger charge is -2.19. The van der Waals surface area contributed by atoms with Crippen molar-refractivity contribution < 1.29 is 69.2 Å². The zero-order valence-corrected chi connectivity index (χ0v) is 33.8. The first-order chi connectivity index (χ1) is 28.4. The fraction of sp³-hybridized carbons (Fsp3) is 0.294. The molecule has 0 aliphatic heterocycles. The molecule has 3 atom stereocenters. The number of carbonyl (C=O) groups is 3. The van der Waals surface area contributed by atoms with E-state index in [1.54, 1.807) is 0 Å². The lowest BCUT2D eigenvalue weighted by atomic mass is 10.2. The molecular weight excluding hydrogens is 877 g/mol. The van der Waals surface area contributed by atoms with Crippen molar-refractivity contribution in [2.24, 2.45) is 15.4 Å². The number of hydrogen-bond donors (Lipinski definition) is 6. The number of esters is 3. The minimum atomic E-state index is -4.08. The molecule has 3 unspecified atom stereocenters. The Bertz CT molecular complexity index is 2650. The molecule has 61 heavy (non-hydrogen) atoms. The van der Waals surface area contributed by atoms with E-state index in [1.165, 1.54) is 0 Å². The predicted molar refractivity (Wildman–Crippen MR) is 206 cm³/mol. The number of primary sulfonamides is 3. The molecule has 0 aliphatic rings. The highest BCUT2D eigenvalue weighted by Crippen LogP contribution is 2.13. The van der Waals surface area contributed by atoms with Gasteiger partial charge in [0.15, 0.2) is 0 Å². The Kier molecular flexibility index (Phi) is 15.4. The fourth-order valence-electron chi connectivity index (χ4n) is 5.18. The summed E-state index contributed by atoms with van der Waals surface area (Å²) in [5, 5.41) is 47.1. The zero-order chi connectivity index (χ0) is 45.4. The smallest absolute Gasteiger partial charge is 0.338 e. The maximum Gasteiger partial charge on any atom is 0.338 e. The number of sulfonamides is 3. The number of ether oxygens (including phenoxy) is 3. The van der Waals surface area contributed by atoms with Crippen molar-refractivity contribution >= 4 is 48.0 Å². The van der Waals surface area contributed by atoms with Crippen molar-refractivity contribution in [2.45, 2.75) is 59.1 Å². The van der Waals surface area contributed by atoms with Gasteiger partial charge in [-0.05, 0) is 79.2 Å². The van der Waals surface area contributed by atoms with Gasteiger partial charge in [0.2, 0.25) is 30.1 Å². The second-order valence-electron chi connectivity index (χ2n) is 13.0. The van der Waals surface area contributed by atoms with Gasteiger partial charge in [-0.15, -0.1) is 0 Å². The summed E-state index contributed by atoms with van der Waals surface area (Å²) in [5.41, 5.74) is -4.49. The highest BCUT2D eigenvalue weighted by Gasteiger charge is 2.23. The van der Waals surface area contributed by atoms with E-state index in [0.29, 0.717) is 13.7 Å². The quantitative estimate of drug-likeness (QED) is 0.0387. The van der Waals surface area contributed by atoms with Gasteiger partial charge < -0.3 is 29.5 Å². The predicted octanol–water partition coefficient (Wildman–Crippen LogP) is -3.84. The van der Waals surface area contributed by atoms with Gasteiger partial charge in [-0.25, -0.2) is 83.1 Å². The van der Waals surface area contributed by atoms with Crippen molar-refractivity contribution in [3.63, 3.8) is 0 Å². The van der Waals surface area contributed by atoms with E-state index in [9.17, 15) is 69.3 Å². The van der Waals surface area contributed by atoms with E-state index in [0.717, 1.165) is 72.8 Å². The Labute approximate surface area is 345 Å². The lowest BCUT2D eigenvalue weighted by molar-refractivity contribution is 0.0180. The van der Waals surface area contributed by atoms with Crippen LogP contribution in [0.2, 0.25) is 0 Å². The second-order valence-corrected chi connectivity index (χ2v) is 17.7. The van der Waals surface area contributed by atoms with Crippen LogP contribution in [0, 0.1) is 0 Å².